The molecule has 0 saturated heterocycles. The van der Waals surface area contributed by atoms with E-state index in [2.05, 4.69) is 50.8 Å². The average molecular weight is 650 g/mol. The molecule has 8 heteroatoms. The van der Waals surface area contributed by atoms with Crippen LogP contribution in [-0.4, -0.2) is 29.4 Å². The first-order valence-corrected chi connectivity index (χ1v) is 17.4. The van der Waals surface area contributed by atoms with E-state index >= 15 is 0 Å². The number of nitrogens with one attached hydrogen (secondary N) is 2. The van der Waals surface area contributed by atoms with Crippen molar-refractivity contribution in [3.05, 3.63) is 27.7 Å². The minimum Gasteiger partial charge on any atom is -0.507 e. The molecular weight excluding hydrogens is 592 g/mol. The molecule has 3 N–H and O–H groups in total. The third-order valence-corrected chi connectivity index (χ3v) is 7.89. The van der Waals surface area contributed by atoms with E-state index in [9.17, 15) is 14.7 Å². The molecule has 0 spiro atoms. The zero-order chi connectivity index (χ0) is 30.7. The molecule has 2 amide bonds. The van der Waals surface area contributed by atoms with Crippen molar-refractivity contribution in [2.24, 2.45) is 10.2 Å². The van der Waals surface area contributed by atoms with Gasteiger partial charge in [-0.15, -0.1) is 0 Å². The molecule has 1 aromatic rings. The maximum Gasteiger partial charge on any atom is 0.240 e. The topological polar surface area (TPSA) is 103 Å². The van der Waals surface area contributed by atoms with Crippen molar-refractivity contribution in [2.45, 2.75) is 155 Å². The van der Waals surface area contributed by atoms with E-state index in [-0.39, 0.29) is 17.6 Å². The highest BCUT2D eigenvalue weighted by Crippen LogP contribution is 2.25. The number of hydrogen-bond donors (Lipinski definition) is 3. The van der Waals surface area contributed by atoms with Crippen LogP contribution >= 0.6 is 15.9 Å². The number of halogens is 1. The van der Waals surface area contributed by atoms with Gasteiger partial charge in [0.15, 0.2) is 0 Å². The first-order chi connectivity index (χ1) is 20.5. The second kappa shape index (κ2) is 26.4. The zero-order valence-electron chi connectivity index (χ0n) is 26.4. The van der Waals surface area contributed by atoms with Crippen molar-refractivity contribution in [1.82, 2.24) is 10.9 Å². The number of benzene rings is 1. The van der Waals surface area contributed by atoms with Crippen molar-refractivity contribution >= 4 is 40.2 Å². The van der Waals surface area contributed by atoms with Gasteiger partial charge >= 0.3 is 0 Å². The maximum absolute atomic E-state index is 12.1. The number of phenolic OH excluding ortho intramolecular Hbond substituents is 1. The fourth-order valence-electron chi connectivity index (χ4n) is 4.84. The predicted molar refractivity (Wildman–Crippen MR) is 180 cm³/mol. The van der Waals surface area contributed by atoms with E-state index in [0.717, 1.165) is 30.2 Å². The summed E-state index contributed by atoms with van der Waals surface area (Å²) in [7, 11) is 0. The van der Waals surface area contributed by atoms with E-state index < -0.39 is 0 Å². The Kier molecular flexibility index (Phi) is 23.8. The summed E-state index contributed by atoms with van der Waals surface area (Å²) in [5, 5.41) is 18.7. The van der Waals surface area contributed by atoms with Gasteiger partial charge in [-0.25, -0.2) is 10.9 Å². The molecule has 1 rings (SSSR count). The Balaban J connectivity index is 2.27. The van der Waals surface area contributed by atoms with Gasteiger partial charge in [-0.2, -0.15) is 10.2 Å². The summed E-state index contributed by atoms with van der Waals surface area (Å²) >= 11 is 3.43. The van der Waals surface area contributed by atoms with Crippen molar-refractivity contribution < 1.29 is 14.7 Å². The molecule has 7 nitrogen and oxygen atoms in total. The molecule has 0 atom stereocenters. The summed E-state index contributed by atoms with van der Waals surface area (Å²) in [6, 6.07) is 3.41. The largest absolute Gasteiger partial charge is 0.507 e. The zero-order valence-corrected chi connectivity index (χ0v) is 28.0. The van der Waals surface area contributed by atoms with Crippen LogP contribution in [0.3, 0.4) is 0 Å². The van der Waals surface area contributed by atoms with Gasteiger partial charge in [0.1, 0.15) is 5.75 Å². The van der Waals surface area contributed by atoms with Gasteiger partial charge in [-0.3, -0.25) is 9.59 Å². The van der Waals surface area contributed by atoms with Crippen LogP contribution in [0, 0.1) is 0 Å². The first-order valence-electron chi connectivity index (χ1n) is 16.6. The van der Waals surface area contributed by atoms with Gasteiger partial charge in [0.25, 0.3) is 0 Å². The molecule has 0 fully saturated rings. The van der Waals surface area contributed by atoms with Gasteiger partial charge in [-0.1, -0.05) is 145 Å². The Morgan fingerprint density at radius 2 is 0.929 bits per heavy atom. The van der Waals surface area contributed by atoms with E-state index in [1.54, 1.807) is 12.1 Å². The van der Waals surface area contributed by atoms with E-state index in [1.807, 2.05) is 0 Å². The lowest BCUT2D eigenvalue weighted by atomic mass is 10.1. The molecule has 42 heavy (non-hydrogen) atoms. The lowest BCUT2D eigenvalue weighted by Crippen LogP contribution is -2.17. The summed E-state index contributed by atoms with van der Waals surface area (Å²) in [6.07, 6.45) is 28.2. The van der Waals surface area contributed by atoms with Crippen LogP contribution in [0.25, 0.3) is 0 Å². The number of hydrogen-bond acceptors (Lipinski definition) is 5. The Labute approximate surface area is 263 Å². The molecular formula is C34H57BrN4O3. The molecule has 0 saturated carbocycles. The Morgan fingerprint density at radius 3 is 1.26 bits per heavy atom. The minimum absolute atomic E-state index is 0.0291. The monoisotopic (exact) mass is 648 g/mol. The second-order valence-electron chi connectivity index (χ2n) is 11.4. The number of nitrogens with zero attached hydrogens (tertiary/aromatic N) is 2. The number of aromatic hydroxyl groups is 1. The molecule has 1 aromatic carbocycles. The molecule has 0 bridgehead atoms. The lowest BCUT2D eigenvalue weighted by Gasteiger charge is -2.05. The summed E-state index contributed by atoms with van der Waals surface area (Å²) in [5.74, 6) is -0.294. The Morgan fingerprint density at radius 1 is 0.619 bits per heavy atom. The second-order valence-corrected chi connectivity index (χ2v) is 12.3. The SMILES string of the molecule is CCCCCCCCCCCCC(=O)NN=Cc1cc(Br)cc(/C=N/NC(=O)CCCCCCCCCCCC)c1O. The molecule has 0 aliphatic carbocycles. The third-order valence-electron chi connectivity index (χ3n) is 7.43. The van der Waals surface area contributed by atoms with Gasteiger partial charge in [-0.05, 0) is 25.0 Å². The summed E-state index contributed by atoms with van der Waals surface area (Å²) in [4.78, 5) is 24.2. The number of carbonyl (C=O) groups is 2. The lowest BCUT2D eigenvalue weighted by molar-refractivity contribution is -0.122. The number of amides is 2. The fraction of sp³-hybridized carbons (Fsp3) is 0.706. The predicted octanol–water partition coefficient (Wildman–Crippen LogP) is 9.68. The maximum atomic E-state index is 12.1. The van der Waals surface area contributed by atoms with Crippen LogP contribution in [0.5, 0.6) is 5.75 Å². The molecule has 238 valence electrons. The smallest absolute Gasteiger partial charge is 0.240 e. The van der Waals surface area contributed by atoms with Gasteiger partial charge in [0.05, 0.1) is 12.4 Å². The molecule has 0 aliphatic rings. The highest BCUT2D eigenvalue weighted by Gasteiger charge is 2.08. The Bertz CT molecular complexity index is 851. The summed E-state index contributed by atoms with van der Waals surface area (Å²) < 4.78 is 0.719. The number of rotatable bonds is 26. The summed E-state index contributed by atoms with van der Waals surface area (Å²) in [6.45, 7) is 4.48. The van der Waals surface area contributed by atoms with Crippen LogP contribution in [0.4, 0.5) is 0 Å². The molecule has 0 radical (unpaired) electrons. The summed E-state index contributed by atoms with van der Waals surface area (Å²) in [5.41, 5.74) is 5.95. The van der Waals surface area contributed by atoms with Crippen LogP contribution in [-0.2, 0) is 9.59 Å². The van der Waals surface area contributed by atoms with Crippen molar-refractivity contribution in [3.63, 3.8) is 0 Å². The average Bonchev–Trinajstić information content (AvgIpc) is 2.97. The molecule has 0 aliphatic heterocycles. The Hall–Kier alpha value is -2.22. The number of unbranched alkanes of at least 4 members (excludes halogenated alkanes) is 18. The molecule has 0 aromatic heterocycles. The highest BCUT2D eigenvalue weighted by atomic mass is 79.9. The van der Waals surface area contributed by atoms with Gasteiger partial charge < -0.3 is 5.11 Å². The quantitative estimate of drug-likeness (QED) is 0.0529. The van der Waals surface area contributed by atoms with Crippen LogP contribution in [0.1, 0.15) is 166 Å². The fourth-order valence-corrected chi connectivity index (χ4v) is 5.34. The normalized spacial score (nSPS) is 11.5. The van der Waals surface area contributed by atoms with Crippen LogP contribution in [0.2, 0.25) is 0 Å². The van der Waals surface area contributed by atoms with Crippen molar-refractivity contribution in [2.75, 3.05) is 0 Å². The van der Waals surface area contributed by atoms with Gasteiger partial charge in [0.2, 0.25) is 11.8 Å². The van der Waals surface area contributed by atoms with E-state index in [4.69, 9.17) is 0 Å². The number of phenols is 1. The number of carbonyl (C=O) groups excluding carboxylic acids is 2. The van der Waals surface area contributed by atoms with E-state index in [1.165, 1.54) is 115 Å². The van der Waals surface area contributed by atoms with Gasteiger partial charge in [0, 0.05) is 28.4 Å². The first kappa shape index (κ1) is 37.8. The van der Waals surface area contributed by atoms with Crippen LogP contribution in [0.15, 0.2) is 26.8 Å². The van der Waals surface area contributed by atoms with E-state index in [0.29, 0.717) is 24.0 Å². The van der Waals surface area contributed by atoms with Crippen molar-refractivity contribution in [3.8, 4) is 5.75 Å². The standard InChI is InChI=1S/C34H57BrN4O3/c1-3-5-7-9-11-13-15-17-19-21-23-32(40)38-36-27-29-25-31(35)26-30(34(29)42)28-37-39-33(41)24-22-20-18-16-14-12-10-8-6-4-2/h25-28,42H,3-24H2,1-2H3,(H,38,40)(H,39,41)/b36-27+,37-28?. The third kappa shape index (κ3) is 20.6. The minimum atomic E-state index is -0.132. The number of hydrazone groups is 2. The molecule has 0 heterocycles. The van der Waals surface area contributed by atoms with Crippen molar-refractivity contribution in [1.29, 1.82) is 0 Å². The van der Waals surface area contributed by atoms with Crippen LogP contribution < -0.4 is 10.9 Å². The highest BCUT2D eigenvalue weighted by molar-refractivity contribution is 9.10. The molecule has 0 unspecified atom stereocenters.